The fraction of sp³-hybridized carbons (Fsp3) is 0.647. The van der Waals surface area contributed by atoms with E-state index in [0.29, 0.717) is 18.3 Å². The van der Waals surface area contributed by atoms with Crippen LogP contribution >= 0.6 is 0 Å². The van der Waals surface area contributed by atoms with Gasteiger partial charge >= 0.3 is 0 Å². The second kappa shape index (κ2) is 7.14. The number of hydrogen-bond acceptors (Lipinski definition) is 4. The maximum atomic E-state index is 10.0. The van der Waals surface area contributed by atoms with Crippen LogP contribution in [0.15, 0.2) is 18.2 Å². The number of benzene rings is 1. The van der Waals surface area contributed by atoms with Crippen LogP contribution in [-0.2, 0) is 11.3 Å². The molecule has 0 spiro atoms. The SMILES string of the molecule is CCC1(CC)CC(NCc2ccc(OC)cc2O)CCO1. The molecule has 0 saturated carbocycles. The first kappa shape index (κ1) is 16.1. The van der Waals surface area contributed by atoms with E-state index in [-0.39, 0.29) is 11.4 Å². The standard InChI is InChI=1S/C17H27NO3/c1-4-17(5-2)11-14(8-9-21-17)18-12-13-6-7-15(20-3)10-16(13)19/h6-7,10,14,18-19H,4-5,8-9,11-12H2,1-3H3. The third-order valence-corrected chi connectivity index (χ3v) is 4.66. The molecular formula is C17H27NO3. The normalized spacial score (nSPS) is 21.2. The van der Waals surface area contributed by atoms with Crippen LogP contribution in [0.2, 0.25) is 0 Å². The van der Waals surface area contributed by atoms with Gasteiger partial charge in [0.2, 0.25) is 0 Å². The van der Waals surface area contributed by atoms with Crippen molar-refractivity contribution in [2.24, 2.45) is 0 Å². The van der Waals surface area contributed by atoms with Crippen molar-refractivity contribution in [1.82, 2.24) is 5.32 Å². The van der Waals surface area contributed by atoms with Gasteiger partial charge in [-0.3, -0.25) is 0 Å². The van der Waals surface area contributed by atoms with Crippen molar-refractivity contribution in [1.29, 1.82) is 0 Å². The minimum Gasteiger partial charge on any atom is -0.507 e. The molecule has 1 aromatic carbocycles. The number of phenols is 1. The molecule has 1 fully saturated rings. The van der Waals surface area contributed by atoms with Crippen LogP contribution in [0.1, 0.15) is 45.1 Å². The summed E-state index contributed by atoms with van der Waals surface area (Å²) in [6, 6.07) is 5.89. The highest BCUT2D eigenvalue weighted by atomic mass is 16.5. The zero-order valence-electron chi connectivity index (χ0n) is 13.3. The Kier molecular flexibility index (Phi) is 5.48. The lowest BCUT2D eigenvalue weighted by molar-refractivity contribution is -0.0932. The Morgan fingerprint density at radius 1 is 1.38 bits per heavy atom. The van der Waals surface area contributed by atoms with Gasteiger partial charge in [-0.05, 0) is 31.7 Å². The van der Waals surface area contributed by atoms with Crippen molar-refractivity contribution in [3.63, 3.8) is 0 Å². The molecular weight excluding hydrogens is 266 g/mol. The minimum atomic E-state index is 0.0257. The summed E-state index contributed by atoms with van der Waals surface area (Å²) >= 11 is 0. The predicted molar refractivity (Wildman–Crippen MR) is 83.8 cm³/mol. The monoisotopic (exact) mass is 293 g/mol. The van der Waals surface area contributed by atoms with Crippen LogP contribution in [0.4, 0.5) is 0 Å². The van der Waals surface area contributed by atoms with Crippen LogP contribution in [0.5, 0.6) is 11.5 Å². The highest BCUT2D eigenvalue weighted by Crippen LogP contribution is 2.32. The van der Waals surface area contributed by atoms with E-state index in [0.717, 1.165) is 37.9 Å². The molecule has 2 rings (SSSR count). The molecule has 0 bridgehead atoms. The molecule has 21 heavy (non-hydrogen) atoms. The number of rotatable bonds is 6. The molecule has 1 aromatic rings. The molecule has 4 heteroatoms. The summed E-state index contributed by atoms with van der Waals surface area (Å²) in [5.74, 6) is 0.962. The Labute approximate surface area is 127 Å². The van der Waals surface area contributed by atoms with Crippen LogP contribution < -0.4 is 10.1 Å². The molecule has 1 unspecified atom stereocenters. The number of hydrogen-bond donors (Lipinski definition) is 2. The van der Waals surface area contributed by atoms with Gasteiger partial charge in [-0.2, -0.15) is 0 Å². The average Bonchev–Trinajstić information content (AvgIpc) is 2.53. The second-order valence-corrected chi connectivity index (χ2v) is 5.80. The summed E-state index contributed by atoms with van der Waals surface area (Å²) in [5.41, 5.74) is 0.929. The summed E-state index contributed by atoms with van der Waals surface area (Å²) < 4.78 is 11.1. The first-order valence-corrected chi connectivity index (χ1v) is 7.85. The molecule has 1 heterocycles. The van der Waals surface area contributed by atoms with Gasteiger partial charge in [0, 0.05) is 30.8 Å². The molecule has 0 radical (unpaired) electrons. The van der Waals surface area contributed by atoms with Gasteiger partial charge in [0.25, 0.3) is 0 Å². The zero-order chi connectivity index (χ0) is 15.3. The Morgan fingerprint density at radius 2 is 2.14 bits per heavy atom. The maximum absolute atomic E-state index is 10.0. The van der Waals surface area contributed by atoms with E-state index < -0.39 is 0 Å². The highest BCUT2D eigenvalue weighted by Gasteiger charge is 2.34. The van der Waals surface area contributed by atoms with Crippen LogP contribution in [0, 0.1) is 0 Å². The molecule has 1 saturated heterocycles. The Bertz CT molecular complexity index is 457. The van der Waals surface area contributed by atoms with Crippen molar-refractivity contribution >= 4 is 0 Å². The van der Waals surface area contributed by atoms with Crippen molar-refractivity contribution in [3.05, 3.63) is 23.8 Å². The molecule has 1 aliphatic heterocycles. The van der Waals surface area contributed by atoms with E-state index in [2.05, 4.69) is 19.2 Å². The van der Waals surface area contributed by atoms with Gasteiger partial charge in [-0.25, -0.2) is 0 Å². The number of phenolic OH excluding ortho intramolecular Hbond substituents is 1. The fourth-order valence-electron chi connectivity index (χ4n) is 3.02. The van der Waals surface area contributed by atoms with Crippen molar-refractivity contribution in [3.8, 4) is 11.5 Å². The average molecular weight is 293 g/mol. The van der Waals surface area contributed by atoms with Crippen LogP contribution in [0.3, 0.4) is 0 Å². The number of methoxy groups -OCH3 is 1. The number of aromatic hydroxyl groups is 1. The second-order valence-electron chi connectivity index (χ2n) is 5.80. The van der Waals surface area contributed by atoms with Crippen LogP contribution in [0.25, 0.3) is 0 Å². The molecule has 118 valence electrons. The highest BCUT2D eigenvalue weighted by molar-refractivity contribution is 5.39. The fourth-order valence-corrected chi connectivity index (χ4v) is 3.02. The van der Waals surface area contributed by atoms with E-state index in [1.165, 1.54) is 0 Å². The third kappa shape index (κ3) is 3.89. The molecule has 1 atom stereocenters. The first-order valence-electron chi connectivity index (χ1n) is 7.85. The summed E-state index contributed by atoms with van der Waals surface area (Å²) in [6.07, 6.45) is 4.17. The summed E-state index contributed by atoms with van der Waals surface area (Å²) in [6.45, 7) is 5.88. The quantitative estimate of drug-likeness (QED) is 0.845. The van der Waals surface area contributed by atoms with Crippen molar-refractivity contribution in [2.75, 3.05) is 13.7 Å². The minimum absolute atomic E-state index is 0.0257. The van der Waals surface area contributed by atoms with E-state index in [9.17, 15) is 5.11 Å². The Morgan fingerprint density at radius 3 is 2.76 bits per heavy atom. The molecule has 4 nitrogen and oxygen atoms in total. The molecule has 1 aliphatic rings. The lowest BCUT2D eigenvalue weighted by Crippen LogP contribution is -2.46. The van der Waals surface area contributed by atoms with Crippen molar-refractivity contribution < 1.29 is 14.6 Å². The van der Waals surface area contributed by atoms with Crippen molar-refractivity contribution in [2.45, 2.75) is 57.7 Å². The van der Waals surface area contributed by atoms with E-state index in [4.69, 9.17) is 9.47 Å². The predicted octanol–water partition coefficient (Wildman–Crippen LogP) is 3.23. The summed E-state index contributed by atoms with van der Waals surface area (Å²) in [4.78, 5) is 0. The van der Waals surface area contributed by atoms with E-state index in [1.54, 1.807) is 13.2 Å². The third-order valence-electron chi connectivity index (χ3n) is 4.66. The smallest absolute Gasteiger partial charge is 0.123 e. The first-order chi connectivity index (χ1) is 10.1. The molecule has 0 aromatic heterocycles. The van der Waals surface area contributed by atoms with Gasteiger partial charge in [0.05, 0.1) is 12.7 Å². The lowest BCUT2D eigenvalue weighted by Gasteiger charge is -2.40. The molecule has 0 aliphatic carbocycles. The lowest BCUT2D eigenvalue weighted by atomic mass is 9.86. The largest absolute Gasteiger partial charge is 0.507 e. The summed E-state index contributed by atoms with van der Waals surface area (Å²) in [5, 5.41) is 13.6. The van der Waals surface area contributed by atoms with Gasteiger partial charge in [0.1, 0.15) is 11.5 Å². The Hall–Kier alpha value is -1.26. The summed E-state index contributed by atoms with van der Waals surface area (Å²) in [7, 11) is 1.60. The van der Waals surface area contributed by atoms with Gasteiger partial charge < -0.3 is 19.9 Å². The number of ether oxygens (including phenoxy) is 2. The zero-order valence-corrected chi connectivity index (χ0v) is 13.3. The van der Waals surface area contributed by atoms with Gasteiger partial charge in [-0.1, -0.05) is 19.9 Å². The molecule has 0 amide bonds. The van der Waals surface area contributed by atoms with Gasteiger partial charge in [0.15, 0.2) is 0 Å². The van der Waals surface area contributed by atoms with Crippen LogP contribution in [-0.4, -0.2) is 30.5 Å². The topological polar surface area (TPSA) is 50.7 Å². The number of nitrogens with one attached hydrogen (secondary N) is 1. The van der Waals surface area contributed by atoms with Gasteiger partial charge in [-0.15, -0.1) is 0 Å². The van der Waals surface area contributed by atoms with E-state index >= 15 is 0 Å². The molecule has 2 N–H and O–H groups in total. The van der Waals surface area contributed by atoms with E-state index in [1.807, 2.05) is 12.1 Å². The Balaban J connectivity index is 1.93. The maximum Gasteiger partial charge on any atom is 0.123 e.